The molecule has 0 radical (unpaired) electrons. The van der Waals surface area contributed by atoms with E-state index in [2.05, 4.69) is 10.3 Å². The molecule has 2 aromatic carbocycles. The van der Waals surface area contributed by atoms with E-state index < -0.39 is 0 Å². The number of carbonyl (C=O) groups is 2. The number of fused-ring (bicyclic) bond motifs is 1. The number of aromatic nitrogens is 3. The summed E-state index contributed by atoms with van der Waals surface area (Å²) in [5.41, 5.74) is 6.71. The molecule has 1 aromatic heterocycles. The van der Waals surface area contributed by atoms with Gasteiger partial charge in [-0.25, -0.2) is 4.68 Å². The van der Waals surface area contributed by atoms with Crippen molar-refractivity contribution >= 4 is 23.0 Å². The number of esters is 2. The number of hydrogen-bond acceptors (Lipinski definition) is 6. The average Bonchev–Trinajstić information content (AvgIpc) is 3.16. The first-order valence-electron chi connectivity index (χ1n) is 10.6. The van der Waals surface area contributed by atoms with E-state index in [1.807, 2.05) is 55.8 Å². The van der Waals surface area contributed by atoms with E-state index in [1.165, 1.54) is 6.92 Å². The molecule has 3 aromatic rings. The van der Waals surface area contributed by atoms with Crippen molar-refractivity contribution in [3.05, 3.63) is 58.1 Å². The second-order valence-corrected chi connectivity index (χ2v) is 7.58. The van der Waals surface area contributed by atoms with Gasteiger partial charge in [-0.3, -0.25) is 9.59 Å². The van der Waals surface area contributed by atoms with Gasteiger partial charge >= 0.3 is 11.9 Å². The summed E-state index contributed by atoms with van der Waals surface area (Å²) in [6.45, 7) is 10.5. The van der Waals surface area contributed by atoms with Gasteiger partial charge in [0.15, 0.2) is 0 Å². The SMILES string of the molecule is CCOC(=O)CC(c1ccc(C)c(COC(C)=O)c1)c1ccc2c(nnn2CC)c1C. The summed E-state index contributed by atoms with van der Waals surface area (Å²) in [6, 6.07) is 10.1. The molecule has 7 heteroatoms. The summed E-state index contributed by atoms with van der Waals surface area (Å²) >= 11 is 0. The fraction of sp³-hybridized carbons (Fsp3) is 0.417. The monoisotopic (exact) mass is 423 g/mol. The minimum absolute atomic E-state index is 0.198. The van der Waals surface area contributed by atoms with Crippen molar-refractivity contribution in [3.63, 3.8) is 0 Å². The van der Waals surface area contributed by atoms with Gasteiger partial charge in [0.25, 0.3) is 0 Å². The minimum Gasteiger partial charge on any atom is -0.466 e. The molecule has 31 heavy (non-hydrogen) atoms. The van der Waals surface area contributed by atoms with Gasteiger partial charge in [-0.15, -0.1) is 5.10 Å². The summed E-state index contributed by atoms with van der Waals surface area (Å²) in [5.74, 6) is -0.800. The smallest absolute Gasteiger partial charge is 0.306 e. The summed E-state index contributed by atoms with van der Waals surface area (Å²) in [7, 11) is 0. The zero-order chi connectivity index (χ0) is 22.5. The van der Waals surface area contributed by atoms with Gasteiger partial charge in [-0.2, -0.15) is 0 Å². The quantitative estimate of drug-likeness (QED) is 0.505. The Morgan fingerprint density at radius 2 is 1.87 bits per heavy atom. The van der Waals surface area contributed by atoms with Crippen LogP contribution in [0.1, 0.15) is 60.9 Å². The molecule has 164 valence electrons. The molecule has 0 saturated carbocycles. The average molecular weight is 424 g/mol. The van der Waals surface area contributed by atoms with Gasteiger partial charge in [-0.1, -0.05) is 29.5 Å². The van der Waals surface area contributed by atoms with Gasteiger partial charge in [0.05, 0.1) is 18.5 Å². The minimum atomic E-state index is -0.326. The van der Waals surface area contributed by atoms with Crippen LogP contribution in [0.5, 0.6) is 0 Å². The third kappa shape index (κ3) is 4.93. The highest BCUT2D eigenvalue weighted by Crippen LogP contribution is 2.34. The zero-order valence-corrected chi connectivity index (χ0v) is 18.8. The second-order valence-electron chi connectivity index (χ2n) is 7.58. The first kappa shape index (κ1) is 22.5. The normalized spacial score (nSPS) is 12.0. The first-order chi connectivity index (χ1) is 14.8. The highest BCUT2D eigenvalue weighted by molar-refractivity contribution is 5.80. The number of aryl methyl sites for hydroxylation is 3. The lowest BCUT2D eigenvalue weighted by Crippen LogP contribution is -2.13. The van der Waals surface area contributed by atoms with Gasteiger partial charge in [0.1, 0.15) is 12.1 Å². The number of carbonyl (C=O) groups excluding carboxylic acids is 2. The predicted molar refractivity (Wildman–Crippen MR) is 118 cm³/mol. The van der Waals surface area contributed by atoms with Crippen molar-refractivity contribution in [1.82, 2.24) is 15.0 Å². The molecule has 0 aliphatic heterocycles. The topological polar surface area (TPSA) is 83.3 Å². The molecule has 7 nitrogen and oxygen atoms in total. The van der Waals surface area contributed by atoms with Crippen LogP contribution in [-0.4, -0.2) is 33.5 Å². The molecule has 3 rings (SSSR count). The standard InChI is InChI=1S/C24H29N3O4/c1-6-27-22-11-10-20(16(4)24(22)25-26-27)21(13-23(29)30-7-2)18-9-8-15(3)19(12-18)14-31-17(5)28/h8-12,21H,6-7,13-14H2,1-5H3. The Kier molecular flexibility index (Phi) is 7.05. The second kappa shape index (κ2) is 9.73. The summed E-state index contributed by atoms with van der Waals surface area (Å²) in [5, 5.41) is 8.59. The van der Waals surface area contributed by atoms with Crippen LogP contribution in [0.25, 0.3) is 11.0 Å². The van der Waals surface area contributed by atoms with Crippen LogP contribution in [0.3, 0.4) is 0 Å². The molecule has 0 spiro atoms. The number of hydrogen-bond donors (Lipinski definition) is 0. The highest BCUT2D eigenvalue weighted by Gasteiger charge is 2.23. The van der Waals surface area contributed by atoms with E-state index >= 15 is 0 Å². The molecule has 0 fully saturated rings. The lowest BCUT2D eigenvalue weighted by Gasteiger charge is -2.21. The van der Waals surface area contributed by atoms with Crippen LogP contribution < -0.4 is 0 Å². The molecule has 1 unspecified atom stereocenters. The molecule has 0 bridgehead atoms. The highest BCUT2D eigenvalue weighted by atomic mass is 16.5. The maximum absolute atomic E-state index is 12.5. The van der Waals surface area contributed by atoms with Gasteiger partial charge in [0.2, 0.25) is 0 Å². The lowest BCUT2D eigenvalue weighted by molar-refractivity contribution is -0.143. The van der Waals surface area contributed by atoms with Crippen LogP contribution in [0.2, 0.25) is 0 Å². The van der Waals surface area contributed by atoms with Crippen molar-refractivity contribution in [3.8, 4) is 0 Å². The van der Waals surface area contributed by atoms with E-state index in [9.17, 15) is 9.59 Å². The van der Waals surface area contributed by atoms with Crippen LogP contribution >= 0.6 is 0 Å². The molecule has 0 aliphatic carbocycles. The van der Waals surface area contributed by atoms with E-state index in [4.69, 9.17) is 9.47 Å². The largest absolute Gasteiger partial charge is 0.466 e. The van der Waals surface area contributed by atoms with E-state index in [1.54, 1.807) is 6.92 Å². The molecular formula is C24H29N3O4. The number of rotatable bonds is 8. The maximum Gasteiger partial charge on any atom is 0.306 e. The molecular weight excluding hydrogens is 394 g/mol. The fourth-order valence-corrected chi connectivity index (χ4v) is 3.83. The third-order valence-corrected chi connectivity index (χ3v) is 5.54. The predicted octanol–water partition coefficient (Wildman–Crippen LogP) is 4.22. The Balaban J connectivity index is 2.08. The van der Waals surface area contributed by atoms with Gasteiger partial charge in [0, 0.05) is 19.4 Å². The van der Waals surface area contributed by atoms with Crippen molar-refractivity contribution < 1.29 is 19.1 Å². The third-order valence-electron chi connectivity index (χ3n) is 5.54. The molecule has 0 saturated heterocycles. The Morgan fingerprint density at radius 1 is 1.10 bits per heavy atom. The van der Waals surface area contributed by atoms with Crippen LogP contribution in [0, 0.1) is 13.8 Å². The first-order valence-corrected chi connectivity index (χ1v) is 10.6. The molecule has 0 aliphatic rings. The summed E-state index contributed by atoms with van der Waals surface area (Å²) in [4.78, 5) is 23.8. The van der Waals surface area contributed by atoms with Crippen LogP contribution in [0.15, 0.2) is 30.3 Å². The number of nitrogens with zero attached hydrogens (tertiary/aromatic N) is 3. The van der Waals surface area contributed by atoms with Gasteiger partial charge in [-0.05, 0) is 61.6 Å². The summed E-state index contributed by atoms with van der Waals surface area (Å²) in [6.07, 6.45) is 0.207. The molecule has 1 atom stereocenters. The lowest BCUT2D eigenvalue weighted by atomic mass is 9.84. The summed E-state index contributed by atoms with van der Waals surface area (Å²) < 4.78 is 12.3. The Labute approximate surface area is 182 Å². The Morgan fingerprint density at radius 3 is 2.55 bits per heavy atom. The molecule has 0 amide bonds. The van der Waals surface area contributed by atoms with Gasteiger partial charge < -0.3 is 9.47 Å². The Bertz CT molecular complexity index is 1100. The number of benzene rings is 2. The van der Waals surface area contributed by atoms with E-state index in [0.717, 1.165) is 45.4 Å². The van der Waals surface area contributed by atoms with Crippen LogP contribution in [-0.2, 0) is 32.2 Å². The van der Waals surface area contributed by atoms with Crippen molar-refractivity contribution in [2.75, 3.05) is 6.61 Å². The zero-order valence-electron chi connectivity index (χ0n) is 18.8. The fourth-order valence-electron chi connectivity index (χ4n) is 3.83. The van der Waals surface area contributed by atoms with E-state index in [0.29, 0.717) is 6.61 Å². The Hall–Kier alpha value is -3.22. The van der Waals surface area contributed by atoms with Crippen LogP contribution in [0.4, 0.5) is 0 Å². The van der Waals surface area contributed by atoms with Crippen molar-refractivity contribution in [2.45, 2.75) is 60.1 Å². The van der Waals surface area contributed by atoms with E-state index in [-0.39, 0.29) is 30.9 Å². The van der Waals surface area contributed by atoms with Crippen molar-refractivity contribution in [2.24, 2.45) is 0 Å². The van der Waals surface area contributed by atoms with Crippen molar-refractivity contribution in [1.29, 1.82) is 0 Å². The molecule has 0 N–H and O–H groups in total. The molecule has 1 heterocycles. The number of ether oxygens (including phenoxy) is 2. The maximum atomic E-state index is 12.5.